The van der Waals surface area contributed by atoms with E-state index in [0.717, 1.165) is 23.0 Å². The van der Waals surface area contributed by atoms with Crippen molar-refractivity contribution in [3.05, 3.63) is 72.2 Å². The van der Waals surface area contributed by atoms with E-state index >= 15 is 0 Å². The third-order valence-electron chi connectivity index (χ3n) is 3.04. The summed E-state index contributed by atoms with van der Waals surface area (Å²) in [6.45, 7) is 0. The quantitative estimate of drug-likeness (QED) is 0.927. The summed E-state index contributed by atoms with van der Waals surface area (Å²) in [6, 6.07) is 17.4. The number of aliphatic carboxylic acids is 1. The monoisotopic (exact) mass is 268 g/mol. The van der Waals surface area contributed by atoms with E-state index in [2.05, 4.69) is 0 Å². The first-order valence-electron chi connectivity index (χ1n) is 6.15. The van der Waals surface area contributed by atoms with Crippen molar-refractivity contribution >= 4 is 5.97 Å². The Morgan fingerprint density at radius 1 is 1.00 bits per heavy atom. The number of carboxylic acid groups (broad SMARTS) is 1. The molecule has 0 radical (unpaired) electrons. The maximum absolute atomic E-state index is 10.9. The molecule has 1 atom stereocenters. The van der Waals surface area contributed by atoms with Crippen LogP contribution in [0.4, 0.5) is 0 Å². The van der Waals surface area contributed by atoms with Crippen molar-refractivity contribution in [2.24, 2.45) is 0 Å². The summed E-state index contributed by atoms with van der Waals surface area (Å²) in [6.07, 6.45) is 0.409. The molecule has 2 aromatic rings. The van der Waals surface area contributed by atoms with Crippen molar-refractivity contribution in [3.63, 3.8) is 0 Å². The van der Waals surface area contributed by atoms with Gasteiger partial charge < -0.3 is 14.6 Å². The first kappa shape index (κ1) is 12.3. The zero-order valence-electron chi connectivity index (χ0n) is 10.5. The molecule has 2 aromatic carbocycles. The minimum absolute atomic E-state index is 0.183. The van der Waals surface area contributed by atoms with Crippen molar-refractivity contribution in [3.8, 4) is 11.1 Å². The zero-order valence-corrected chi connectivity index (χ0v) is 10.5. The molecule has 0 aliphatic carbocycles. The van der Waals surface area contributed by atoms with E-state index in [1.807, 2.05) is 54.6 Å². The minimum atomic E-state index is -1.13. The molecule has 1 N–H and O–H groups in total. The van der Waals surface area contributed by atoms with Crippen molar-refractivity contribution in [1.82, 2.24) is 0 Å². The van der Waals surface area contributed by atoms with Crippen LogP contribution in [0.3, 0.4) is 0 Å². The van der Waals surface area contributed by atoms with Crippen LogP contribution in [0.15, 0.2) is 66.6 Å². The number of rotatable bonds is 3. The van der Waals surface area contributed by atoms with Gasteiger partial charge >= 0.3 is 5.97 Å². The van der Waals surface area contributed by atoms with Crippen LogP contribution in [0.1, 0.15) is 11.9 Å². The van der Waals surface area contributed by atoms with E-state index in [9.17, 15) is 4.79 Å². The van der Waals surface area contributed by atoms with Gasteiger partial charge in [0.2, 0.25) is 5.76 Å². The van der Waals surface area contributed by atoms with Gasteiger partial charge in [-0.05, 0) is 11.1 Å². The maximum atomic E-state index is 10.9. The highest BCUT2D eigenvalue weighted by atomic mass is 16.7. The molecule has 0 fully saturated rings. The fourth-order valence-corrected chi connectivity index (χ4v) is 2.12. The third-order valence-corrected chi connectivity index (χ3v) is 3.04. The summed E-state index contributed by atoms with van der Waals surface area (Å²) in [7, 11) is 0. The molecule has 1 aliphatic heterocycles. The van der Waals surface area contributed by atoms with E-state index in [4.69, 9.17) is 14.6 Å². The number of hydrogen-bond donors (Lipinski definition) is 1. The van der Waals surface area contributed by atoms with Crippen LogP contribution in [0.25, 0.3) is 11.1 Å². The van der Waals surface area contributed by atoms with Gasteiger partial charge in [-0.1, -0.05) is 54.6 Å². The Morgan fingerprint density at radius 2 is 1.70 bits per heavy atom. The summed E-state index contributed by atoms with van der Waals surface area (Å²) in [4.78, 5) is 10.9. The molecule has 0 bridgehead atoms. The Bertz CT molecular complexity index is 661. The molecule has 0 spiro atoms. The average molecular weight is 268 g/mol. The van der Waals surface area contributed by atoms with Crippen LogP contribution in [0.5, 0.6) is 0 Å². The molecular weight excluding hydrogens is 256 g/mol. The molecule has 100 valence electrons. The first-order valence-corrected chi connectivity index (χ1v) is 6.15. The highest BCUT2D eigenvalue weighted by Gasteiger charge is 2.27. The van der Waals surface area contributed by atoms with E-state index < -0.39 is 12.3 Å². The van der Waals surface area contributed by atoms with Crippen LogP contribution in [-0.4, -0.2) is 11.1 Å². The molecule has 20 heavy (non-hydrogen) atoms. The SMILES string of the molecule is O=C(O)C1=CO[C@H](c2ccccc2-c2ccccc2)O1. The summed E-state index contributed by atoms with van der Waals surface area (Å²) < 4.78 is 10.6. The third kappa shape index (κ3) is 2.23. The topological polar surface area (TPSA) is 55.8 Å². The number of carboxylic acids is 1. The summed E-state index contributed by atoms with van der Waals surface area (Å²) in [5, 5.41) is 8.89. The molecule has 4 heteroatoms. The predicted octanol–water partition coefficient (Wildman–Crippen LogP) is 3.33. The van der Waals surface area contributed by atoms with E-state index in [0.29, 0.717) is 0 Å². The second-order valence-corrected chi connectivity index (χ2v) is 4.33. The van der Waals surface area contributed by atoms with Crippen LogP contribution in [-0.2, 0) is 14.3 Å². The van der Waals surface area contributed by atoms with Gasteiger partial charge in [-0.2, -0.15) is 0 Å². The lowest BCUT2D eigenvalue weighted by Gasteiger charge is -2.15. The molecule has 4 nitrogen and oxygen atoms in total. The lowest BCUT2D eigenvalue weighted by molar-refractivity contribution is -0.139. The van der Waals surface area contributed by atoms with E-state index in [1.165, 1.54) is 0 Å². The average Bonchev–Trinajstić information content (AvgIpc) is 2.98. The summed E-state index contributed by atoms with van der Waals surface area (Å²) in [5.74, 6) is -1.32. The van der Waals surface area contributed by atoms with Gasteiger partial charge in [0.05, 0.1) is 0 Å². The Kier molecular flexibility index (Phi) is 3.13. The molecule has 3 rings (SSSR count). The minimum Gasteiger partial charge on any atom is -0.475 e. The summed E-state index contributed by atoms with van der Waals surface area (Å²) >= 11 is 0. The molecule has 1 aliphatic rings. The second kappa shape index (κ2) is 5.09. The van der Waals surface area contributed by atoms with Crippen LogP contribution in [0.2, 0.25) is 0 Å². The molecular formula is C16H12O4. The molecule has 0 saturated carbocycles. The number of benzene rings is 2. The second-order valence-electron chi connectivity index (χ2n) is 4.33. The largest absolute Gasteiger partial charge is 0.475 e. The van der Waals surface area contributed by atoms with Gasteiger partial charge in [0.25, 0.3) is 6.29 Å². The number of carbonyl (C=O) groups is 1. The normalized spacial score (nSPS) is 17.0. The van der Waals surface area contributed by atoms with E-state index in [-0.39, 0.29) is 5.76 Å². The fraction of sp³-hybridized carbons (Fsp3) is 0.0625. The van der Waals surface area contributed by atoms with E-state index in [1.54, 1.807) is 0 Å². The standard InChI is InChI=1S/C16H12O4/c17-15(18)14-10-19-16(20-14)13-9-5-4-8-12(13)11-6-2-1-3-7-11/h1-10,16H,(H,17,18)/t16-/m0/s1. The number of ether oxygens (including phenoxy) is 2. The molecule has 0 unspecified atom stereocenters. The van der Waals surface area contributed by atoms with Gasteiger partial charge in [0, 0.05) is 5.56 Å². The highest BCUT2D eigenvalue weighted by Crippen LogP contribution is 2.35. The fourth-order valence-electron chi connectivity index (χ4n) is 2.12. The first-order chi connectivity index (χ1) is 9.75. The lowest BCUT2D eigenvalue weighted by Crippen LogP contribution is -2.05. The maximum Gasteiger partial charge on any atom is 0.374 e. The Morgan fingerprint density at radius 3 is 2.40 bits per heavy atom. The van der Waals surface area contributed by atoms with Crippen LogP contribution < -0.4 is 0 Å². The lowest BCUT2D eigenvalue weighted by atomic mass is 9.99. The van der Waals surface area contributed by atoms with Crippen molar-refractivity contribution in [2.75, 3.05) is 0 Å². The van der Waals surface area contributed by atoms with Crippen LogP contribution in [0, 0.1) is 0 Å². The highest BCUT2D eigenvalue weighted by molar-refractivity contribution is 5.84. The Labute approximate surface area is 115 Å². The van der Waals surface area contributed by atoms with Gasteiger partial charge in [-0.15, -0.1) is 0 Å². The Balaban J connectivity index is 1.95. The molecule has 0 amide bonds. The number of hydrogen-bond acceptors (Lipinski definition) is 3. The van der Waals surface area contributed by atoms with Crippen LogP contribution >= 0.6 is 0 Å². The zero-order chi connectivity index (χ0) is 13.9. The van der Waals surface area contributed by atoms with Gasteiger partial charge in [-0.3, -0.25) is 0 Å². The van der Waals surface area contributed by atoms with Gasteiger partial charge in [0.15, 0.2) is 0 Å². The van der Waals surface area contributed by atoms with Crippen molar-refractivity contribution in [2.45, 2.75) is 6.29 Å². The predicted molar refractivity (Wildman–Crippen MR) is 72.5 cm³/mol. The molecule has 1 heterocycles. The van der Waals surface area contributed by atoms with Crippen molar-refractivity contribution < 1.29 is 19.4 Å². The smallest absolute Gasteiger partial charge is 0.374 e. The molecule has 0 aromatic heterocycles. The summed E-state index contributed by atoms with van der Waals surface area (Å²) in [5.41, 5.74) is 2.78. The Hall–Kier alpha value is -2.75. The van der Waals surface area contributed by atoms with Gasteiger partial charge in [-0.25, -0.2) is 4.79 Å². The van der Waals surface area contributed by atoms with Gasteiger partial charge in [0.1, 0.15) is 6.26 Å². The van der Waals surface area contributed by atoms with Crippen molar-refractivity contribution in [1.29, 1.82) is 0 Å². The molecule has 0 saturated heterocycles.